The summed E-state index contributed by atoms with van der Waals surface area (Å²) in [4.78, 5) is 11.8. The van der Waals surface area contributed by atoms with Gasteiger partial charge in [0.1, 0.15) is 0 Å². The zero-order valence-electron chi connectivity index (χ0n) is 9.88. The van der Waals surface area contributed by atoms with Crippen LogP contribution in [0.25, 0.3) is 0 Å². The van der Waals surface area contributed by atoms with Gasteiger partial charge in [-0.3, -0.25) is 4.79 Å². The quantitative estimate of drug-likeness (QED) is 0.432. The maximum Gasteiger partial charge on any atom is 0.223 e. The van der Waals surface area contributed by atoms with Crippen molar-refractivity contribution in [1.29, 1.82) is 0 Å². The summed E-state index contributed by atoms with van der Waals surface area (Å²) in [5.41, 5.74) is 0. The Morgan fingerprint density at radius 3 is 2.50 bits per heavy atom. The van der Waals surface area contributed by atoms with E-state index >= 15 is 0 Å². The highest BCUT2D eigenvalue weighted by atomic mass is 127. The summed E-state index contributed by atoms with van der Waals surface area (Å²) in [5.74, 6) is 2.28. The molecule has 0 bridgehead atoms. The molecule has 2 rings (SSSR count). The normalized spacial score (nSPS) is 31.2. The Hall–Kier alpha value is 0.200. The van der Waals surface area contributed by atoms with Crippen molar-refractivity contribution in [3.8, 4) is 0 Å². The summed E-state index contributed by atoms with van der Waals surface area (Å²) in [6.07, 6.45) is 9.02. The molecule has 2 aliphatic rings. The standard InChI is InChI=1S/C13H22INO/c14-8-3-1-2-4-9-15-13(16)12-10-6-5-7-11(10)12/h10-12H,1-9H2,(H,15,16). The minimum Gasteiger partial charge on any atom is -0.356 e. The van der Waals surface area contributed by atoms with E-state index in [9.17, 15) is 4.79 Å². The van der Waals surface area contributed by atoms with Crippen molar-refractivity contribution in [1.82, 2.24) is 5.32 Å². The van der Waals surface area contributed by atoms with Crippen molar-refractivity contribution < 1.29 is 4.79 Å². The molecule has 1 N–H and O–H groups in total. The van der Waals surface area contributed by atoms with Gasteiger partial charge in [0.05, 0.1) is 0 Å². The molecule has 2 aliphatic carbocycles. The molecule has 2 saturated carbocycles. The summed E-state index contributed by atoms with van der Waals surface area (Å²) in [6.45, 7) is 0.899. The Kier molecular flexibility index (Phi) is 4.92. The van der Waals surface area contributed by atoms with E-state index in [0.717, 1.165) is 24.8 Å². The van der Waals surface area contributed by atoms with Crippen LogP contribution in [0.4, 0.5) is 0 Å². The molecule has 2 nitrogen and oxygen atoms in total. The Balaban J connectivity index is 1.49. The molecular weight excluding hydrogens is 313 g/mol. The molecule has 0 saturated heterocycles. The maximum atomic E-state index is 11.8. The van der Waals surface area contributed by atoms with Crippen LogP contribution in [0.2, 0.25) is 0 Å². The fourth-order valence-corrected chi connectivity index (χ4v) is 3.65. The molecule has 2 fully saturated rings. The van der Waals surface area contributed by atoms with Crippen LogP contribution in [0.1, 0.15) is 44.9 Å². The van der Waals surface area contributed by atoms with Crippen LogP contribution >= 0.6 is 22.6 Å². The van der Waals surface area contributed by atoms with Crippen molar-refractivity contribution in [3.05, 3.63) is 0 Å². The minimum atomic E-state index is 0.351. The molecule has 2 unspecified atom stereocenters. The number of carbonyl (C=O) groups excluding carboxylic acids is 1. The first kappa shape index (κ1) is 12.7. The predicted octanol–water partition coefficient (Wildman–Crippen LogP) is 3.14. The molecule has 0 heterocycles. The van der Waals surface area contributed by atoms with Crippen molar-refractivity contribution in [2.24, 2.45) is 17.8 Å². The average Bonchev–Trinajstić information content (AvgIpc) is 2.77. The molecule has 3 heteroatoms. The lowest BCUT2D eigenvalue weighted by Gasteiger charge is -2.06. The van der Waals surface area contributed by atoms with Gasteiger partial charge < -0.3 is 5.32 Å². The van der Waals surface area contributed by atoms with E-state index in [4.69, 9.17) is 0 Å². The molecule has 2 atom stereocenters. The third-order valence-electron chi connectivity index (χ3n) is 4.07. The van der Waals surface area contributed by atoms with Crippen LogP contribution in [0, 0.1) is 17.8 Å². The third kappa shape index (κ3) is 3.11. The van der Waals surface area contributed by atoms with Crippen molar-refractivity contribution in [2.45, 2.75) is 44.9 Å². The average molecular weight is 335 g/mol. The molecule has 0 aromatic heterocycles. The first-order valence-corrected chi connectivity index (χ1v) is 8.21. The van der Waals surface area contributed by atoms with Gasteiger partial charge in [0.2, 0.25) is 5.91 Å². The van der Waals surface area contributed by atoms with Gasteiger partial charge in [0, 0.05) is 12.5 Å². The summed E-state index contributed by atoms with van der Waals surface area (Å²) in [6, 6.07) is 0. The lowest BCUT2D eigenvalue weighted by Crippen LogP contribution is -2.27. The molecule has 0 spiro atoms. The number of nitrogens with one attached hydrogen (secondary N) is 1. The number of alkyl halides is 1. The van der Waals surface area contributed by atoms with E-state index in [2.05, 4.69) is 27.9 Å². The number of fused-ring (bicyclic) bond motifs is 1. The highest BCUT2D eigenvalue weighted by Crippen LogP contribution is 2.57. The van der Waals surface area contributed by atoms with Crippen molar-refractivity contribution in [2.75, 3.05) is 11.0 Å². The Bertz CT molecular complexity index is 234. The zero-order chi connectivity index (χ0) is 11.4. The topological polar surface area (TPSA) is 29.1 Å². The lowest BCUT2D eigenvalue weighted by molar-refractivity contribution is -0.123. The first-order valence-electron chi connectivity index (χ1n) is 6.68. The monoisotopic (exact) mass is 335 g/mol. The number of amides is 1. The molecule has 0 aromatic rings. The van der Waals surface area contributed by atoms with Gasteiger partial charge in [-0.05, 0) is 41.9 Å². The van der Waals surface area contributed by atoms with Gasteiger partial charge >= 0.3 is 0 Å². The van der Waals surface area contributed by atoms with E-state index < -0.39 is 0 Å². The molecule has 0 aromatic carbocycles. The van der Waals surface area contributed by atoms with E-state index in [0.29, 0.717) is 11.8 Å². The molecule has 16 heavy (non-hydrogen) atoms. The predicted molar refractivity (Wildman–Crippen MR) is 74.7 cm³/mol. The molecule has 1 amide bonds. The van der Waals surface area contributed by atoms with Gasteiger partial charge in [-0.15, -0.1) is 0 Å². The van der Waals surface area contributed by atoms with Crippen LogP contribution in [0.5, 0.6) is 0 Å². The van der Waals surface area contributed by atoms with E-state index in [1.165, 1.54) is 43.0 Å². The highest BCUT2D eigenvalue weighted by Gasteiger charge is 2.56. The van der Waals surface area contributed by atoms with Gasteiger partial charge in [-0.2, -0.15) is 0 Å². The number of rotatable bonds is 7. The maximum absolute atomic E-state index is 11.8. The number of carbonyl (C=O) groups is 1. The van der Waals surface area contributed by atoms with Crippen LogP contribution in [0.3, 0.4) is 0 Å². The fraction of sp³-hybridized carbons (Fsp3) is 0.923. The molecule has 0 radical (unpaired) electrons. The second-order valence-electron chi connectivity index (χ2n) is 5.18. The molecular formula is C13H22INO. The van der Waals surface area contributed by atoms with E-state index in [-0.39, 0.29) is 0 Å². The Labute approximate surface area is 112 Å². The summed E-state index contributed by atoms with van der Waals surface area (Å²) in [5, 5.41) is 3.11. The van der Waals surface area contributed by atoms with E-state index in [1.807, 2.05) is 0 Å². The minimum absolute atomic E-state index is 0.351. The van der Waals surface area contributed by atoms with Crippen LogP contribution in [-0.4, -0.2) is 16.9 Å². The van der Waals surface area contributed by atoms with Crippen LogP contribution in [0.15, 0.2) is 0 Å². The lowest BCUT2D eigenvalue weighted by atomic mass is 10.1. The number of hydrogen-bond acceptors (Lipinski definition) is 1. The van der Waals surface area contributed by atoms with Gasteiger partial charge in [-0.1, -0.05) is 41.9 Å². The number of unbranched alkanes of at least 4 members (excludes halogenated alkanes) is 3. The first-order chi connectivity index (χ1) is 7.84. The smallest absolute Gasteiger partial charge is 0.223 e. The Morgan fingerprint density at radius 1 is 1.12 bits per heavy atom. The Morgan fingerprint density at radius 2 is 1.81 bits per heavy atom. The van der Waals surface area contributed by atoms with Crippen LogP contribution in [-0.2, 0) is 4.79 Å². The summed E-state index contributed by atoms with van der Waals surface area (Å²) >= 11 is 2.42. The zero-order valence-corrected chi connectivity index (χ0v) is 12.0. The van der Waals surface area contributed by atoms with E-state index in [1.54, 1.807) is 0 Å². The number of hydrogen-bond donors (Lipinski definition) is 1. The summed E-state index contributed by atoms with van der Waals surface area (Å²) < 4.78 is 1.26. The highest BCUT2D eigenvalue weighted by molar-refractivity contribution is 14.1. The SMILES string of the molecule is O=C(NCCCCCCI)C1C2CCCC21. The van der Waals surface area contributed by atoms with Crippen molar-refractivity contribution >= 4 is 28.5 Å². The second kappa shape index (κ2) is 6.22. The largest absolute Gasteiger partial charge is 0.356 e. The number of halogens is 1. The van der Waals surface area contributed by atoms with Crippen molar-refractivity contribution in [3.63, 3.8) is 0 Å². The third-order valence-corrected chi connectivity index (χ3v) is 4.83. The van der Waals surface area contributed by atoms with Gasteiger partial charge in [0.15, 0.2) is 0 Å². The second-order valence-corrected chi connectivity index (χ2v) is 6.26. The van der Waals surface area contributed by atoms with Gasteiger partial charge in [-0.25, -0.2) is 0 Å². The molecule has 92 valence electrons. The molecule has 0 aliphatic heterocycles. The summed E-state index contributed by atoms with van der Waals surface area (Å²) in [7, 11) is 0. The fourth-order valence-electron chi connectivity index (χ4n) is 3.11. The van der Waals surface area contributed by atoms with Gasteiger partial charge in [0.25, 0.3) is 0 Å². The van der Waals surface area contributed by atoms with Crippen LogP contribution < -0.4 is 5.32 Å².